The molecular formula is C22H24Cl2N2O6S. The number of carbonyl (C=O) groups is 2. The average Bonchev–Trinajstić information content (AvgIpc) is 3.11. The first-order chi connectivity index (χ1) is 15.6. The standard InChI is InChI=1S/C22H24Cl2N2O6S/c1-4-32-19-9-13(5-8-18(19)31-2)17(12-33(3,29)30)26-11-14-15(24)6-7-16(21(14)22(26)28)25-20(27)10-23/h5-9,17H,4,10-12H2,1-3H3,(H,25,27). The van der Waals surface area contributed by atoms with Crippen molar-refractivity contribution in [3.05, 3.63) is 52.0 Å². The number of rotatable bonds is 9. The van der Waals surface area contributed by atoms with E-state index in [-0.39, 0.29) is 29.4 Å². The lowest BCUT2D eigenvalue weighted by Gasteiger charge is -2.28. The maximum Gasteiger partial charge on any atom is 0.257 e. The number of hydrogen-bond donors (Lipinski definition) is 1. The number of benzene rings is 2. The number of anilines is 1. The first-order valence-electron chi connectivity index (χ1n) is 10.1. The van der Waals surface area contributed by atoms with Gasteiger partial charge in [-0.15, -0.1) is 11.6 Å². The Morgan fingerprint density at radius 3 is 2.58 bits per heavy atom. The van der Waals surface area contributed by atoms with Crippen molar-refractivity contribution in [2.75, 3.05) is 36.9 Å². The smallest absolute Gasteiger partial charge is 0.257 e. The minimum Gasteiger partial charge on any atom is -0.493 e. The lowest BCUT2D eigenvalue weighted by Crippen LogP contribution is -2.34. The van der Waals surface area contributed by atoms with Gasteiger partial charge in [-0.2, -0.15) is 0 Å². The first kappa shape index (κ1) is 25.1. The van der Waals surface area contributed by atoms with Crippen molar-refractivity contribution in [3.8, 4) is 11.5 Å². The monoisotopic (exact) mass is 514 g/mol. The Morgan fingerprint density at radius 2 is 1.97 bits per heavy atom. The predicted octanol–water partition coefficient (Wildman–Crippen LogP) is 3.67. The fraction of sp³-hybridized carbons (Fsp3) is 0.364. The number of carbonyl (C=O) groups excluding carboxylic acids is 2. The lowest BCUT2D eigenvalue weighted by molar-refractivity contribution is -0.113. The molecule has 0 aromatic heterocycles. The summed E-state index contributed by atoms with van der Waals surface area (Å²) in [5.41, 5.74) is 1.56. The van der Waals surface area contributed by atoms with Crippen molar-refractivity contribution in [2.24, 2.45) is 0 Å². The van der Waals surface area contributed by atoms with Crippen LogP contribution in [0.1, 0.15) is 34.5 Å². The van der Waals surface area contributed by atoms with Gasteiger partial charge in [0.15, 0.2) is 11.5 Å². The van der Waals surface area contributed by atoms with Crippen LogP contribution in [0.15, 0.2) is 30.3 Å². The third-order valence-corrected chi connectivity index (χ3v) is 6.68. The van der Waals surface area contributed by atoms with Crippen LogP contribution in [-0.2, 0) is 21.2 Å². The molecule has 2 aromatic carbocycles. The van der Waals surface area contributed by atoms with E-state index in [0.29, 0.717) is 34.3 Å². The van der Waals surface area contributed by atoms with Crippen LogP contribution in [0, 0.1) is 0 Å². The van der Waals surface area contributed by atoms with Gasteiger partial charge < -0.3 is 19.7 Å². The number of fused-ring (bicyclic) bond motifs is 1. The number of alkyl halides is 1. The van der Waals surface area contributed by atoms with E-state index in [0.717, 1.165) is 6.26 Å². The van der Waals surface area contributed by atoms with Crippen molar-refractivity contribution in [1.82, 2.24) is 4.90 Å². The second-order valence-electron chi connectivity index (χ2n) is 7.51. The molecule has 0 fully saturated rings. The lowest BCUT2D eigenvalue weighted by atomic mass is 10.1. The summed E-state index contributed by atoms with van der Waals surface area (Å²) >= 11 is 12.0. The van der Waals surface area contributed by atoms with Crippen molar-refractivity contribution in [1.29, 1.82) is 0 Å². The average molecular weight is 515 g/mol. The molecule has 0 saturated carbocycles. The third kappa shape index (κ3) is 5.54. The zero-order valence-electron chi connectivity index (χ0n) is 18.4. The van der Waals surface area contributed by atoms with Gasteiger partial charge in [0.2, 0.25) is 5.91 Å². The van der Waals surface area contributed by atoms with E-state index in [9.17, 15) is 18.0 Å². The first-order valence-corrected chi connectivity index (χ1v) is 13.0. The Kier molecular flexibility index (Phi) is 7.76. The molecule has 11 heteroatoms. The number of ether oxygens (including phenoxy) is 2. The summed E-state index contributed by atoms with van der Waals surface area (Å²) in [7, 11) is -1.99. The minimum atomic E-state index is -3.49. The summed E-state index contributed by atoms with van der Waals surface area (Å²) in [6.45, 7) is 2.27. The van der Waals surface area contributed by atoms with Crippen molar-refractivity contribution >= 4 is 50.5 Å². The van der Waals surface area contributed by atoms with E-state index in [1.54, 1.807) is 24.3 Å². The molecule has 1 N–H and O–H groups in total. The SMILES string of the molecule is CCOc1cc(C(CS(C)(=O)=O)N2Cc3c(Cl)ccc(NC(=O)CCl)c3C2=O)ccc1OC. The summed E-state index contributed by atoms with van der Waals surface area (Å²) in [6.07, 6.45) is 1.11. The van der Waals surface area contributed by atoms with Gasteiger partial charge in [-0.3, -0.25) is 9.59 Å². The summed E-state index contributed by atoms with van der Waals surface area (Å²) < 4.78 is 35.6. The molecule has 2 amide bonds. The third-order valence-electron chi connectivity index (χ3n) is 5.16. The maximum absolute atomic E-state index is 13.5. The Balaban J connectivity index is 2.08. The molecule has 1 aliphatic heterocycles. The number of nitrogens with zero attached hydrogens (tertiary/aromatic N) is 1. The Morgan fingerprint density at radius 1 is 1.24 bits per heavy atom. The van der Waals surface area contributed by atoms with Gasteiger partial charge in [0.1, 0.15) is 15.7 Å². The van der Waals surface area contributed by atoms with E-state index in [4.69, 9.17) is 32.7 Å². The van der Waals surface area contributed by atoms with Crippen LogP contribution in [0.4, 0.5) is 5.69 Å². The van der Waals surface area contributed by atoms with Crippen LogP contribution in [0.2, 0.25) is 5.02 Å². The molecule has 1 atom stereocenters. The molecule has 1 unspecified atom stereocenters. The van der Waals surface area contributed by atoms with Crippen LogP contribution in [0.5, 0.6) is 11.5 Å². The van der Waals surface area contributed by atoms with Crippen LogP contribution in [0.3, 0.4) is 0 Å². The summed E-state index contributed by atoms with van der Waals surface area (Å²) in [6, 6.07) is 7.32. The molecule has 3 rings (SSSR count). The summed E-state index contributed by atoms with van der Waals surface area (Å²) in [4.78, 5) is 26.8. The highest BCUT2D eigenvalue weighted by Crippen LogP contribution is 2.40. The van der Waals surface area contributed by atoms with Crippen molar-refractivity contribution < 1.29 is 27.5 Å². The zero-order valence-corrected chi connectivity index (χ0v) is 20.7. The van der Waals surface area contributed by atoms with Crippen LogP contribution in [-0.4, -0.2) is 56.7 Å². The Bertz CT molecular complexity index is 1190. The second-order valence-corrected chi connectivity index (χ2v) is 10.4. The summed E-state index contributed by atoms with van der Waals surface area (Å²) in [5.74, 6) is -0.586. The van der Waals surface area contributed by atoms with Gasteiger partial charge in [0.25, 0.3) is 5.91 Å². The molecule has 0 aliphatic carbocycles. The highest BCUT2D eigenvalue weighted by Gasteiger charge is 2.38. The molecule has 1 heterocycles. The normalized spacial score (nSPS) is 14.1. The predicted molar refractivity (Wildman–Crippen MR) is 127 cm³/mol. The Labute approximate surface area is 202 Å². The number of amides is 2. The van der Waals surface area contributed by atoms with Gasteiger partial charge >= 0.3 is 0 Å². The van der Waals surface area contributed by atoms with Crippen LogP contribution in [0.25, 0.3) is 0 Å². The van der Waals surface area contributed by atoms with Crippen LogP contribution < -0.4 is 14.8 Å². The largest absolute Gasteiger partial charge is 0.493 e. The number of sulfone groups is 1. The van der Waals surface area contributed by atoms with Gasteiger partial charge in [0.05, 0.1) is 36.8 Å². The Hall–Kier alpha value is -2.49. The molecule has 33 heavy (non-hydrogen) atoms. The van der Waals surface area contributed by atoms with Gasteiger partial charge in [-0.05, 0) is 36.8 Å². The minimum absolute atomic E-state index is 0.0772. The molecule has 2 aromatic rings. The number of methoxy groups -OCH3 is 1. The highest BCUT2D eigenvalue weighted by atomic mass is 35.5. The second kappa shape index (κ2) is 10.2. The highest BCUT2D eigenvalue weighted by molar-refractivity contribution is 7.90. The van der Waals surface area contributed by atoms with E-state index in [2.05, 4.69) is 5.32 Å². The van der Waals surface area contributed by atoms with E-state index in [1.165, 1.54) is 18.1 Å². The van der Waals surface area contributed by atoms with E-state index in [1.807, 2.05) is 6.92 Å². The molecule has 0 radical (unpaired) electrons. The fourth-order valence-electron chi connectivity index (χ4n) is 3.77. The van der Waals surface area contributed by atoms with Gasteiger partial charge in [-0.25, -0.2) is 8.42 Å². The summed E-state index contributed by atoms with van der Waals surface area (Å²) in [5, 5.41) is 2.95. The molecule has 178 valence electrons. The van der Waals surface area contributed by atoms with Gasteiger partial charge in [0, 0.05) is 23.4 Å². The zero-order chi connectivity index (χ0) is 24.3. The molecule has 0 spiro atoms. The van der Waals surface area contributed by atoms with E-state index >= 15 is 0 Å². The van der Waals surface area contributed by atoms with Crippen molar-refractivity contribution in [2.45, 2.75) is 19.5 Å². The topological polar surface area (TPSA) is 102 Å². The quantitative estimate of drug-likeness (QED) is 0.512. The molecule has 0 bridgehead atoms. The van der Waals surface area contributed by atoms with E-state index < -0.39 is 27.7 Å². The number of hydrogen-bond acceptors (Lipinski definition) is 6. The molecule has 0 saturated heterocycles. The molecular weight excluding hydrogens is 491 g/mol. The van der Waals surface area contributed by atoms with Crippen molar-refractivity contribution in [3.63, 3.8) is 0 Å². The molecule has 8 nitrogen and oxygen atoms in total. The fourth-order valence-corrected chi connectivity index (χ4v) is 5.00. The molecule has 1 aliphatic rings. The number of nitrogens with one attached hydrogen (secondary N) is 1. The van der Waals surface area contributed by atoms with Gasteiger partial charge in [-0.1, -0.05) is 17.7 Å². The number of halogens is 2. The van der Waals surface area contributed by atoms with Crippen LogP contribution >= 0.6 is 23.2 Å². The maximum atomic E-state index is 13.5.